The first-order chi connectivity index (χ1) is 12.6. The van der Waals surface area contributed by atoms with Gasteiger partial charge in [0.25, 0.3) is 0 Å². The van der Waals surface area contributed by atoms with Gasteiger partial charge in [-0.2, -0.15) is 0 Å². The lowest BCUT2D eigenvalue weighted by Crippen LogP contribution is -2.33. The van der Waals surface area contributed by atoms with E-state index in [2.05, 4.69) is 20.3 Å². The predicted molar refractivity (Wildman–Crippen MR) is 93.2 cm³/mol. The van der Waals surface area contributed by atoms with E-state index in [0.717, 1.165) is 25.7 Å². The van der Waals surface area contributed by atoms with Gasteiger partial charge in [0.1, 0.15) is 24.6 Å². The largest absolute Gasteiger partial charge is 0.394 e. The van der Waals surface area contributed by atoms with Gasteiger partial charge in [-0.15, -0.1) is 0 Å². The van der Waals surface area contributed by atoms with Gasteiger partial charge < -0.3 is 31.1 Å². The molecule has 1 saturated carbocycles. The molecule has 3 heterocycles. The Morgan fingerprint density at radius 2 is 1.96 bits per heavy atom. The molecule has 1 aliphatic heterocycles. The number of aromatic nitrogens is 4. The van der Waals surface area contributed by atoms with E-state index in [9.17, 15) is 15.3 Å². The van der Waals surface area contributed by atoms with Crippen molar-refractivity contribution in [2.45, 2.75) is 62.7 Å². The van der Waals surface area contributed by atoms with E-state index in [1.54, 1.807) is 4.57 Å². The SMILES string of the molecule is Nc1ncnc2c1nc(NC1CCCCC1)n2[C@@H]1O[C@H](CO)[C@H](O)[C@H]1O. The third-order valence-electron chi connectivity index (χ3n) is 5.22. The summed E-state index contributed by atoms with van der Waals surface area (Å²) in [6.45, 7) is -0.399. The number of rotatable bonds is 4. The van der Waals surface area contributed by atoms with Crippen LogP contribution < -0.4 is 11.1 Å². The molecule has 1 saturated heterocycles. The highest BCUT2D eigenvalue weighted by atomic mass is 16.6. The number of hydrogen-bond acceptors (Lipinski definition) is 9. The summed E-state index contributed by atoms with van der Waals surface area (Å²) in [6, 6.07) is 0.255. The van der Waals surface area contributed by atoms with Crippen LogP contribution in [0.3, 0.4) is 0 Å². The van der Waals surface area contributed by atoms with Crippen LogP contribution in [0.15, 0.2) is 6.33 Å². The van der Waals surface area contributed by atoms with Crippen molar-refractivity contribution in [2.75, 3.05) is 17.7 Å². The zero-order chi connectivity index (χ0) is 18.3. The first-order valence-corrected chi connectivity index (χ1v) is 8.97. The topological polar surface area (TPSA) is 152 Å². The Labute approximate surface area is 150 Å². The van der Waals surface area contributed by atoms with Gasteiger partial charge in [-0.3, -0.25) is 4.57 Å². The number of aliphatic hydroxyl groups is 3. The molecule has 6 N–H and O–H groups in total. The molecule has 2 aromatic heterocycles. The molecule has 142 valence electrons. The van der Waals surface area contributed by atoms with E-state index >= 15 is 0 Å². The number of imidazole rings is 1. The summed E-state index contributed by atoms with van der Waals surface area (Å²) in [6.07, 6.45) is 2.64. The summed E-state index contributed by atoms with van der Waals surface area (Å²) in [4.78, 5) is 12.7. The summed E-state index contributed by atoms with van der Waals surface area (Å²) in [5.74, 6) is 0.695. The molecular weight excluding hydrogens is 340 g/mol. The maximum Gasteiger partial charge on any atom is 0.207 e. The zero-order valence-electron chi connectivity index (χ0n) is 14.3. The molecule has 0 unspecified atom stereocenters. The Morgan fingerprint density at radius 3 is 2.65 bits per heavy atom. The third kappa shape index (κ3) is 2.88. The number of ether oxygens (including phenoxy) is 1. The second kappa shape index (κ2) is 6.95. The molecular formula is C16H24N6O4. The second-order valence-electron chi connectivity index (χ2n) is 6.94. The normalized spacial score (nSPS) is 30.1. The van der Waals surface area contributed by atoms with Crippen LogP contribution in [0.25, 0.3) is 11.2 Å². The fourth-order valence-corrected chi connectivity index (χ4v) is 3.79. The number of nitrogens with two attached hydrogens (primary N) is 1. The van der Waals surface area contributed by atoms with Crippen molar-refractivity contribution >= 4 is 22.9 Å². The number of aliphatic hydroxyl groups excluding tert-OH is 3. The summed E-state index contributed by atoms with van der Waals surface area (Å²) < 4.78 is 7.29. The van der Waals surface area contributed by atoms with Crippen LogP contribution >= 0.6 is 0 Å². The number of fused-ring (bicyclic) bond motifs is 1. The minimum absolute atomic E-state index is 0.229. The molecule has 26 heavy (non-hydrogen) atoms. The molecule has 2 aromatic rings. The van der Waals surface area contributed by atoms with Crippen LogP contribution in [0.2, 0.25) is 0 Å². The minimum Gasteiger partial charge on any atom is -0.394 e. The molecule has 4 rings (SSSR count). The van der Waals surface area contributed by atoms with Gasteiger partial charge in [-0.05, 0) is 12.8 Å². The number of nitrogen functional groups attached to an aromatic ring is 1. The van der Waals surface area contributed by atoms with Crippen LogP contribution in [-0.4, -0.2) is 65.8 Å². The van der Waals surface area contributed by atoms with Crippen molar-refractivity contribution in [3.63, 3.8) is 0 Å². The average molecular weight is 364 g/mol. The van der Waals surface area contributed by atoms with Crippen molar-refractivity contribution in [1.82, 2.24) is 19.5 Å². The van der Waals surface area contributed by atoms with E-state index in [0.29, 0.717) is 17.1 Å². The lowest BCUT2D eigenvalue weighted by Gasteiger charge is -2.25. The molecule has 4 atom stereocenters. The van der Waals surface area contributed by atoms with Crippen molar-refractivity contribution < 1.29 is 20.1 Å². The quantitative estimate of drug-likeness (QED) is 0.495. The van der Waals surface area contributed by atoms with Crippen molar-refractivity contribution in [1.29, 1.82) is 0 Å². The summed E-state index contributed by atoms with van der Waals surface area (Å²) in [5.41, 5.74) is 6.75. The van der Waals surface area contributed by atoms with Crippen LogP contribution in [0.1, 0.15) is 38.3 Å². The summed E-state index contributed by atoms with van der Waals surface area (Å²) in [7, 11) is 0. The fourth-order valence-electron chi connectivity index (χ4n) is 3.79. The van der Waals surface area contributed by atoms with Gasteiger partial charge in [-0.1, -0.05) is 19.3 Å². The van der Waals surface area contributed by atoms with Crippen molar-refractivity contribution in [3.8, 4) is 0 Å². The van der Waals surface area contributed by atoms with E-state index in [1.165, 1.54) is 12.7 Å². The zero-order valence-corrected chi connectivity index (χ0v) is 14.3. The average Bonchev–Trinajstić information content (AvgIpc) is 3.15. The van der Waals surface area contributed by atoms with Crippen molar-refractivity contribution in [2.24, 2.45) is 0 Å². The Balaban J connectivity index is 1.76. The smallest absolute Gasteiger partial charge is 0.207 e. The fraction of sp³-hybridized carbons (Fsp3) is 0.688. The highest BCUT2D eigenvalue weighted by Crippen LogP contribution is 2.35. The van der Waals surface area contributed by atoms with Crippen LogP contribution in [0, 0.1) is 0 Å². The van der Waals surface area contributed by atoms with Gasteiger partial charge in [0.05, 0.1) is 6.61 Å². The maximum atomic E-state index is 10.5. The van der Waals surface area contributed by atoms with Gasteiger partial charge >= 0.3 is 0 Å². The first kappa shape index (κ1) is 17.4. The minimum atomic E-state index is -1.23. The summed E-state index contributed by atoms with van der Waals surface area (Å²) in [5, 5.41) is 33.4. The molecule has 0 amide bonds. The van der Waals surface area contributed by atoms with Gasteiger partial charge in [0.2, 0.25) is 5.95 Å². The molecule has 0 radical (unpaired) electrons. The van der Waals surface area contributed by atoms with Crippen LogP contribution in [-0.2, 0) is 4.74 Å². The van der Waals surface area contributed by atoms with Crippen molar-refractivity contribution in [3.05, 3.63) is 6.33 Å². The van der Waals surface area contributed by atoms with E-state index < -0.39 is 31.1 Å². The lowest BCUT2D eigenvalue weighted by molar-refractivity contribution is -0.0502. The van der Waals surface area contributed by atoms with E-state index in [-0.39, 0.29) is 11.9 Å². The Hall–Kier alpha value is -2.01. The van der Waals surface area contributed by atoms with E-state index in [1.807, 2.05) is 0 Å². The lowest BCUT2D eigenvalue weighted by atomic mass is 9.96. The molecule has 2 fully saturated rings. The summed E-state index contributed by atoms with van der Waals surface area (Å²) >= 11 is 0. The highest BCUT2D eigenvalue weighted by Gasteiger charge is 2.45. The van der Waals surface area contributed by atoms with Crippen LogP contribution in [0.4, 0.5) is 11.8 Å². The number of nitrogens with one attached hydrogen (secondary N) is 1. The Morgan fingerprint density at radius 1 is 1.19 bits per heavy atom. The number of hydrogen-bond donors (Lipinski definition) is 5. The first-order valence-electron chi connectivity index (χ1n) is 8.97. The Bertz CT molecular complexity index is 777. The standard InChI is InChI=1S/C16H24N6O4/c17-13-10-14(19-7-18-13)22(15-12(25)11(24)9(6-23)26-15)16(21-10)20-8-4-2-1-3-5-8/h7-9,11-12,15,23-25H,1-6H2,(H,20,21)(H2,17,18,19)/t9-,11+,12-,15-/m1/s1. The van der Waals surface area contributed by atoms with Gasteiger partial charge in [0.15, 0.2) is 23.2 Å². The molecule has 0 aromatic carbocycles. The Kier molecular flexibility index (Phi) is 4.65. The molecule has 1 aliphatic carbocycles. The third-order valence-corrected chi connectivity index (χ3v) is 5.22. The number of anilines is 2. The van der Waals surface area contributed by atoms with Crippen LogP contribution in [0.5, 0.6) is 0 Å². The highest BCUT2D eigenvalue weighted by molar-refractivity contribution is 5.84. The number of nitrogens with zero attached hydrogens (tertiary/aromatic N) is 4. The second-order valence-corrected chi connectivity index (χ2v) is 6.94. The van der Waals surface area contributed by atoms with Gasteiger partial charge in [0, 0.05) is 6.04 Å². The monoisotopic (exact) mass is 364 g/mol. The predicted octanol–water partition coefficient (Wildman–Crippen LogP) is -0.235. The molecule has 2 aliphatic rings. The van der Waals surface area contributed by atoms with Gasteiger partial charge in [-0.25, -0.2) is 15.0 Å². The molecule has 0 spiro atoms. The van der Waals surface area contributed by atoms with E-state index in [4.69, 9.17) is 10.5 Å². The molecule has 10 heteroatoms. The molecule has 0 bridgehead atoms. The maximum absolute atomic E-state index is 10.5. The molecule has 10 nitrogen and oxygen atoms in total.